The summed E-state index contributed by atoms with van der Waals surface area (Å²) in [6, 6.07) is 4.74. The van der Waals surface area contributed by atoms with E-state index in [0.717, 1.165) is 0 Å². The van der Waals surface area contributed by atoms with Crippen LogP contribution in [0.25, 0.3) is 5.69 Å². The summed E-state index contributed by atoms with van der Waals surface area (Å²) in [6.07, 6.45) is 2.70. The molecule has 1 aromatic carbocycles. The fourth-order valence-corrected chi connectivity index (χ4v) is 2.89. The molecule has 0 spiro atoms. The van der Waals surface area contributed by atoms with E-state index < -0.39 is 22.8 Å². The van der Waals surface area contributed by atoms with Gasteiger partial charge in [-0.3, -0.25) is 14.9 Å². The maximum absolute atomic E-state index is 12.7. The van der Waals surface area contributed by atoms with Gasteiger partial charge >= 0.3 is 5.97 Å². The smallest absolute Gasteiger partial charge is 0.326 e. The number of amides is 1. The zero-order valence-electron chi connectivity index (χ0n) is 13.8. The van der Waals surface area contributed by atoms with Crippen LogP contribution < -0.4 is 0 Å². The Morgan fingerprint density at radius 2 is 2.04 bits per heavy atom. The fourth-order valence-electron chi connectivity index (χ4n) is 2.89. The van der Waals surface area contributed by atoms with Gasteiger partial charge in [-0.25, -0.2) is 9.48 Å². The van der Waals surface area contributed by atoms with Gasteiger partial charge in [0.25, 0.3) is 11.6 Å². The molecule has 0 saturated carbocycles. The highest BCUT2D eigenvalue weighted by molar-refractivity contribution is 5.96. The molecule has 10 nitrogen and oxygen atoms in total. The summed E-state index contributed by atoms with van der Waals surface area (Å²) in [5, 5.41) is 24.1. The van der Waals surface area contributed by atoms with E-state index in [-0.39, 0.29) is 30.3 Å². The van der Waals surface area contributed by atoms with Crippen LogP contribution in [-0.4, -0.2) is 62.4 Å². The molecular formula is C16H16N4O6. The third kappa shape index (κ3) is 3.26. The van der Waals surface area contributed by atoms with E-state index >= 15 is 0 Å². The molecule has 3 rings (SSSR count). The van der Waals surface area contributed by atoms with Crippen LogP contribution >= 0.6 is 0 Å². The lowest BCUT2D eigenvalue weighted by atomic mass is 10.2. The van der Waals surface area contributed by atoms with Crippen LogP contribution in [0.3, 0.4) is 0 Å². The van der Waals surface area contributed by atoms with Gasteiger partial charge in [0, 0.05) is 38.4 Å². The number of nitro benzene ring substituents is 1. The molecule has 2 aromatic rings. The number of hydrogen-bond acceptors (Lipinski definition) is 6. The Labute approximate surface area is 147 Å². The number of carboxylic acids is 1. The number of non-ortho nitro benzene ring substituents is 1. The van der Waals surface area contributed by atoms with Gasteiger partial charge in [0.1, 0.15) is 6.04 Å². The molecule has 0 radical (unpaired) electrons. The summed E-state index contributed by atoms with van der Waals surface area (Å²) in [4.78, 5) is 35.5. The molecule has 0 aliphatic carbocycles. The summed E-state index contributed by atoms with van der Waals surface area (Å²) in [5.74, 6) is -1.54. The summed E-state index contributed by atoms with van der Waals surface area (Å²) < 4.78 is 6.58. The van der Waals surface area contributed by atoms with E-state index in [1.165, 1.54) is 53.4 Å². The number of aliphatic carboxylic acids is 1. The van der Waals surface area contributed by atoms with Gasteiger partial charge in [0.15, 0.2) is 0 Å². The van der Waals surface area contributed by atoms with E-state index in [1.54, 1.807) is 0 Å². The van der Waals surface area contributed by atoms with E-state index in [1.807, 2.05) is 0 Å². The number of carboxylic acid groups (broad SMARTS) is 1. The number of nitrogens with zero attached hydrogens (tertiary/aromatic N) is 4. The third-order valence-electron chi connectivity index (χ3n) is 4.30. The second kappa shape index (κ2) is 6.92. The minimum absolute atomic E-state index is 0.0517. The number of hydrogen-bond donors (Lipinski definition) is 1. The molecule has 26 heavy (non-hydrogen) atoms. The van der Waals surface area contributed by atoms with Gasteiger partial charge in [-0.2, -0.15) is 5.10 Å². The second-order valence-corrected chi connectivity index (χ2v) is 5.85. The van der Waals surface area contributed by atoms with Crippen molar-refractivity contribution in [2.45, 2.75) is 18.6 Å². The molecule has 1 aliphatic rings. The molecule has 10 heteroatoms. The van der Waals surface area contributed by atoms with Gasteiger partial charge in [0.2, 0.25) is 0 Å². The molecule has 1 aliphatic heterocycles. The predicted molar refractivity (Wildman–Crippen MR) is 88.1 cm³/mol. The van der Waals surface area contributed by atoms with E-state index in [9.17, 15) is 24.8 Å². The molecule has 0 bridgehead atoms. The first kappa shape index (κ1) is 17.5. The Kier molecular flexibility index (Phi) is 4.67. The van der Waals surface area contributed by atoms with Gasteiger partial charge < -0.3 is 14.7 Å². The zero-order valence-corrected chi connectivity index (χ0v) is 13.8. The van der Waals surface area contributed by atoms with Crippen LogP contribution in [0.5, 0.6) is 0 Å². The molecule has 1 saturated heterocycles. The average molecular weight is 360 g/mol. The quantitative estimate of drug-likeness (QED) is 0.624. The lowest BCUT2D eigenvalue weighted by molar-refractivity contribution is -0.384. The molecule has 2 atom stereocenters. The molecule has 1 N–H and O–H groups in total. The van der Waals surface area contributed by atoms with Crippen molar-refractivity contribution in [2.24, 2.45) is 0 Å². The van der Waals surface area contributed by atoms with Crippen molar-refractivity contribution in [1.29, 1.82) is 0 Å². The fraction of sp³-hybridized carbons (Fsp3) is 0.312. The van der Waals surface area contributed by atoms with Crippen LogP contribution in [0.15, 0.2) is 36.7 Å². The van der Waals surface area contributed by atoms with Crippen LogP contribution in [0, 0.1) is 10.1 Å². The highest BCUT2D eigenvalue weighted by Gasteiger charge is 2.40. The minimum Gasteiger partial charge on any atom is -0.480 e. The summed E-state index contributed by atoms with van der Waals surface area (Å²) >= 11 is 0. The van der Waals surface area contributed by atoms with Crippen molar-refractivity contribution in [2.75, 3.05) is 13.7 Å². The van der Waals surface area contributed by atoms with Crippen LogP contribution in [0.1, 0.15) is 16.8 Å². The predicted octanol–water partition coefficient (Wildman–Crippen LogP) is 1.09. The summed E-state index contributed by atoms with van der Waals surface area (Å²) in [7, 11) is 1.48. The van der Waals surface area contributed by atoms with E-state index in [0.29, 0.717) is 5.69 Å². The minimum atomic E-state index is -1.08. The first-order valence-electron chi connectivity index (χ1n) is 7.76. The largest absolute Gasteiger partial charge is 0.480 e. The zero-order chi connectivity index (χ0) is 18.8. The number of methoxy groups -OCH3 is 1. The average Bonchev–Trinajstić information content (AvgIpc) is 3.28. The molecule has 2 heterocycles. The highest BCUT2D eigenvalue weighted by atomic mass is 16.6. The molecule has 1 aromatic heterocycles. The first-order chi connectivity index (χ1) is 12.4. The maximum atomic E-state index is 12.7. The highest BCUT2D eigenvalue weighted by Crippen LogP contribution is 2.23. The van der Waals surface area contributed by atoms with Crippen LogP contribution in [-0.2, 0) is 9.53 Å². The summed E-state index contributed by atoms with van der Waals surface area (Å²) in [5.41, 5.74) is 0.719. The number of benzene rings is 1. The van der Waals surface area contributed by atoms with Crippen molar-refractivity contribution < 1.29 is 24.4 Å². The SMILES string of the molecule is COC1CC(C(=O)O)N(C(=O)c2cnn(-c3ccc([N+](=O)[O-])cc3)c2)C1. The Balaban J connectivity index is 1.81. The Morgan fingerprint density at radius 3 is 2.62 bits per heavy atom. The topological polar surface area (TPSA) is 128 Å². The van der Waals surface area contributed by atoms with Crippen LogP contribution in [0.4, 0.5) is 5.69 Å². The van der Waals surface area contributed by atoms with Crippen molar-refractivity contribution in [3.63, 3.8) is 0 Å². The number of nitro groups is 1. The van der Waals surface area contributed by atoms with Crippen LogP contribution in [0.2, 0.25) is 0 Å². The molecular weight excluding hydrogens is 344 g/mol. The lowest BCUT2D eigenvalue weighted by Gasteiger charge is -2.20. The van der Waals surface area contributed by atoms with Crippen molar-refractivity contribution >= 4 is 17.6 Å². The number of ether oxygens (including phenoxy) is 1. The number of carbonyl (C=O) groups is 2. The Morgan fingerprint density at radius 1 is 1.35 bits per heavy atom. The Bertz CT molecular complexity index is 847. The third-order valence-corrected chi connectivity index (χ3v) is 4.30. The Hall–Kier alpha value is -3.27. The van der Waals surface area contributed by atoms with Crippen molar-refractivity contribution in [1.82, 2.24) is 14.7 Å². The number of carbonyl (C=O) groups excluding carboxylic acids is 1. The first-order valence-corrected chi connectivity index (χ1v) is 7.76. The molecule has 1 amide bonds. The molecule has 2 unspecified atom stereocenters. The van der Waals surface area contributed by atoms with Gasteiger partial charge in [-0.05, 0) is 12.1 Å². The van der Waals surface area contributed by atoms with Gasteiger partial charge in [0.05, 0.1) is 28.5 Å². The standard InChI is InChI=1S/C16H16N4O6/c1-26-13-6-14(16(22)23)18(9-13)15(21)10-7-17-19(8-10)11-2-4-12(5-3-11)20(24)25/h2-5,7-8,13-14H,6,9H2,1H3,(H,22,23). The van der Waals surface area contributed by atoms with Gasteiger partial charge in [-0.1, -0.05) is 0 Å². The molecule has 136 valence electrons. The summed E-state index contributed by atoms with van der Waals surface area (Å²) in [6.45, 7) is 0.189. The number of aromatic nitrogens is 2. The monoisotopic (exact) mass is 360 g/mol. The maximum Gasteiger partial charge on any atom is 0.326 e. The van der Waals surface area contributed by atoms with E-state index in [4.69, 9.17) is 4.74 Å². The lowest BCUT2D eigenvalue weighted by Crippen LogP contribution is -2.40. The van der Waals surface area contributed by atoms with Crippen molar-refractivity contribution in [3.8, 4) is 5.69 Å². The number of rotatable bonds is 5. The van der Waals surface area contributed by atoms with E-state index in [2.05, 4.69) is 5.10 Å². The normalized spacial score (nSPS) is 19.5. The van der Waals surface area contributed by atoms with Crippen molar-refractivity contribution in [3.05, 3.63) is 52.3 Å². The number of likely N-dealkylation sites (tertiary alicyclic amines) is 1. The van der Waals surface area contributed by atoms with Gasteiger partial charge in [-0.15, -0.1) is 0 Å². The second-order valence-electron chi connectivity index (χ2n) is 5.85. The molecule has 1 fully saturated rings.